The number of ether oxygens (including phenoxy) is 3. The van der Waals surface area contributed by atoms with E-state index in [1.54, 1.807) is 0 Å². The molecule has 4 nitrogen and oxygen atoms in total. The predicted octanol–water partition coefficient (Wildman–Crippen LogP) is 5.01. The van der Waals surface area contributed by atoms with Crippen LogP contribution in [0.4, 0.5) is 0 Å². The molecule has 1 heterocycles. The van der Waals surface area contributed by atoms with Crippen LogP contribution in [0, 0.1) is 0 Å². The molecule has 2 rings (SSSR count). The molecule has 26 heavy (non-hydrogen) atoms. The third-order valence-corrected chi connectivity index (χ3v) is 20.8. The molecule has 0 amide bonds. The predicted molar refractivity (Wildman–Crippen MR) is 111 cm³/mol. The van der Waals surface area contributed by atoms with Crippen LogP contribution in [0.2, 0.25) is 13.3 Å². The molecule has 0 bridgehead atoms. The van der Waals surface area contributed by atoms with E-state index in [1.165, 1.54) is 51.8 Å². The minimum atomic E-state index is -2.26. The van der Waals surface area contributed by atoms with Gasteiger partial charge in [-0.1, -0.05) is 0 Å². The Morgan fingerprint density at radius 3 is 2.00 bits per heavy atom. The van der Waals surface area contributed by atoms with Gasteiger partial charge in [-0.3, -0.25) is 0 Å². The summed E-state index contributed by atoms with van der Waals surface area (Å²) in [6, 6.07) is 0.140. The molecule has 2 aliphatic rings. The average Bonchev–Trinajstić information content (AvgIpc) is 3.11. The molecule has 2 fully saturated rings. The number of unbranched alkanes of at least 4 members (excludes halogenated alkanes) is 3. The number of nitrogens with two attached hydrogens (primary N) is 1. The Balaban J connectivity index is 1.99. The molecule has 0 aromatic carbocycles. The molecular formula is C21H43NO3Sn. The van der Waals surface area contributed by atoms with Crippen LogP contribution in [0.15, 0.2) is 0 Å². The number of rotatable bonds is 12. The summed E-state index contributed by atoms with van der Waals surface area (Å²) in [6.07, 6.45) is 10.9. The summed E-state index contributed by atoms with van der Waals surface area (Å²) in [5, 5.41) is 0. The van der Waals surface area contributed by atoms with E-state index in [1.807, 2.05) is 0 Å². The van der Waals surface area contributed by atoms with E-state index < -0.39 is 24.2 Å². The fourth-order valence-electron chi connectivity index (χ4n) is 4.60. The van der Waals surface area contributed by atoms with Gasteiger partial charge < -0.3 is 0 Å². The van der Waals surface area contributed by atoms with E-state index in [-0.39, 0.29) is 12.1 Å². The van der Waals surface area contributed by atoms with Gasteiger partial charge in [0.25, 0.3) is 0 Å². The van der Waals surface area contributed by atoms with Crippen molar-refractivity contribution in [2.75, 3.05) is 17.8 Å². The van der Waals surface area contributed by atoms with Crippen molar-refractivity contribution in [3.63, 3.8) is 0 Å². The summed E-state index contributed by atoms with van der Waals surface area (Å²) in [4.78, 5) is 0. The van der Waals surface area contributed by atoms with Crippen LogP contribution in [0.1, 0.15) is 78.6 Å². The molecule has 0 aromatic rings. The van der Waals surface area contributed by atoms with E-state index >= 15 is 0 Å². The van der Waals surface area contributed by atoms with Gasteiger partial charge in [0, 0.05) is 0 Å². The maximum absolute atomic E-state index is 6.65. The van der Waals surface area contributed by atoms with Gasteiger partial charge in [-0.25, -0.2) is 0 Å². The molecule has 0 aromatic heterocycles. The summed E-state index contributed by atoms with van der Waals surface area (Å²) < 4.78 is 24.1. The van der Waals surface area contributed by atoms with Crippen molar-refractivity contribution >= 4 is 18.4 Å². The summed E-state index contributed by atoms with van der Waals surface area (Å²) in [5.41, 5.74) is 6.45. The molecule has 0 unspecified atom stereocenters. The van der Waals surface area contributed by atoms with E-state index in [0.29, 0.717) is 13.2 Å². The Morgan fingerprint density at radius 2 is 1.50 bits per heavy atom. The fourth-order valence-corrected chi connectivity index (χ4v) is 19.1. The molecule has 1 saturated carbocycles. The van der Waals surface area contributed by atoms with Gasteiger partial charge in [-0.15, -0.1) is 0 Å². The molecule has 1 spiro atoms. The molecule has 5 heteroatoms. The van der Waals surface area contributed by atoms with Crippen molar-refractivity contribution in [2.45, 2.75) is 110 Å². The fraction of sp³-hybridized carbons (Fsp3) is 1.00. The van der Waals surface area contributed by atoms with E-state index in [0.717, 1.165) is 23.9 Å². The first-order valence-corrected chi connectivity index (χ1v) is 19.3. The zero-order valence-electron chi connectivity index (χ0n) is 17.6. The molecule has 154 valence electrons. The van der Waals surface area contributed by atoms with Crippen LogP contribution < -0.4 is 5.73 Å². The Bertz CT molecular complexity index is 366. The molecule has 2 atom stereocenters. The third kappa shape index (κ3) is 6.61. The summed E-state index contributed by atoms with van der Waals surface area (Å²) in [7, 11) is 0. The van der Waals surface area contributed by atoms with E-state index in [9.17, 15) is 0 Å². The van der Waals surface area contributed by atoms with Gasteiger partial charge in [-0.2, -0.15) is 0 Å². The van der Waals surface area contributed by atoms with Gasteiger partial charge in [0.05, 0.1) is 0 Å². The van der Waals surface area contributed by atoms with Crippen LogP contribution in [0.25, 0.3) is 0 Å². The SMILES string of the molecule is CCC[CH2][Sn]([CH2]CCC)([CH2]CCC)[CH2]O[C@@H]1CC2(CC[C@H]1N)OCCO2. The summed E-state index contributed by atoms with van der Waals surface area (Å²) >= 11 is -2.26. The van der Waals surface area contributed by atoms with Crippen molar-refractivity contribution in [3.8, 4) is 0 Å². The average molecular weight is 476 g/mol. The van der Waals surface area contributed by atoms with Gasteiger partial charge in [0.2, 0.25) is 0 Å². The Hall–Kier alpha value is 0.639. The monoisotopic (exact) mass is 477 g/mol. The van der Waals surface area contributed by atoms with Gasteiger partial charge in [0.1, 0.15) is 0 Å². The van der Waals surface area contributed by atoms with Gasteiger partial charge in [0.15, 0.2) is 0 Å². The summed E-state index contributed by atoms with van der Waals surface area (Å²) in [5.74, 6) is -0.394. The minimum absolute atomic E-state index is 0.114. The summed E-state index contributed by atoms with van der Waals surface area (Å²) in [6.45, 7) is 8.41. The van der Waals surface area contributed by atoms with E-state index in [4.69, 9.17) is 19.9 Å². The molecular weight excluding hydrogens is 433 g/mol. The Morgan fingerprint density at radius 1 is 0.962 bits per heavy atom. The second-order valence-corrected chi connectivity index (χ2v) is 22.3. The Kier molecular flexibility index (Phi) is 10.2. The number of hydrogen-bond donors (Lipinski definition) is 1. The van der Waals surface area contributed by atoms with Crippen LogP contribution in [0.5, 0.6) is 0 Å². The zero-order chi connectivity index (χ0) is 18.9. The standard InChI is InChI=1S/C9H16NO3.3C4H9.Sn/c1-11-8-6-9(3-2-7(8)10)12-4-5-13-9;3*1-3-4-2;/h7-8H,1-6,10H2;3*1,3-4H2,2H3;/t7-,8-;;;;/m1..../s1. The van der Waals surface area contributed by atoms with Crippen LogP contribution >= 0.6 is 0 Å². The maximum atomic E-state index is 6.65. The Labute approximate surface area is 165 Å². The first kappa shape index (κ1) is 22.9. The molecule has 1 aliphatic heterocycles. The van der Waals surface area contributed by atoms with Crippen molar-refractivity contribution < 1.29 is 14.2 Å². The van der Waals surface area contributed by atoms with Crippen LogP contribution in [-0.2, 0) is 14.2 Å². The van der Waals surface area contributed by atoms with Crippen LogP contribution in [-0.4, -0.2) is 54.1 Å². The second kappa shape index (κ2) is 11.6. The van der Waals surface area contributed by atoms with Gasteiger partial charge >= 0.3 is 166 Å². The van der Waals surface area contributed by atoms with Crippen molar-refractivity contribution in [3.05, 3.63) is 0 Å². The normalized spacial score (nSPS) is 25.8. The molecule has 2 N–H and O–H groups in total. The van der Waals surface area contributed by atoms with Crippen molar-refractivity contribution in [1.82, 2.24) is 0 Å². The molecule has 1 aliphatic carbocycles. The van der Waals surface area contributed by atoms with Gasteiger partial charge in [-0.05, 0) is 0 Å². The third-order valence-electron chi connectivity index (χ3n) is 6.45. The molecule has 1 saturated heterocycles. The first-order chi connectivity index (χ1) is 12.6. The van der Waals surface area contributed by atoms with Crippen molar-refractivity contribution in [2.24, 2.45) is 5.73 Å². The van der Waals surface area contributed by atoms with E-state index in [2.05, 4.69) is 20.8 Å². The van der Waals surface area contributed by atoms with Crippen molar-refractivity contribution in [1.29, 1.82) is 0 Å². The zero-order valence-corrected chi connectivity index (χ0v) is 20.4. The second-order valence-electron chi connectivity index (χ2n) is 8.67. The topological polar surface area (TPSA) is 53.7 Å². The first-order valence-electron chi connectivity index (χ1n) is 11.2. The number of hydrogen-bond acceptors (Lipinski definition) is 4. The van der Waals surface area contributed by atoms with Crippen LogP contribution in [0.3, 0.4) is 0 Å². The quantitative estimate of drug-likeness (QED) is 0.403. The molecule has 0 radical (unpaired) electrons.